The lowest BCUT2D eigenvalue weighted by Gasteiger charge is -2.30. The van der Waals surface area contributed by atoms with Gasteiger partial charge in [0.25, 0.3) is 0 Å². The molecule has 3 nitrogen and oxygen atoms in total. The maximum absolute atomic E-state index is 11.7. The lowest BCUT2D eigenvalue weighted by Crippen LogP contribution is -2.33. The molecule has 1 heterocycles. The van der Waals surface area contributed by atoms with Gasteiger partial charge in [-0.25, -0.2) is 0 Å². The highest BCUT2D eigenvalue weighted by atomic mass is 16.1. The standard InChI is InChI=1S/C15H16N2O/c1-10(18)14-5-3-11(8-16)7-15(14)17-9-12-2-4-13(17)6-12/h3,5,7,12-13H,2,4,6,9H2,1H3. The molecule has 0 aromatic heterocycles. The molecule has 1 saturated carbocycles. The van der Waals surface area contributed by atoms with Gasteiger partial charge in [0.1, 0.15) is 0 Å². The molecular weight excluding hydrogens is 224 g/mol. The molecule has 2 fully saturated rings. The third kappa shape index (κ3) is 1.69. The van der Waals surface area contributed by atoms with Crippen LogP contribution in [0.15, 0.2) is 18.2 Å². The van der Waals surface area contributed by atoms with Crippen molar-refractivity contribution in [1.29, 1.82) is 5.26 Å². The predicted octanol–water partition coefficient (Wildman–Crippen LogP) is 2.75. The van der Waals surface area contributed by atoms with Crippen molar-refractivity contribution in [3.8, 4) is 6.07 Å². The van der Waals surface area contributed by atoms with Gasteiger partial charge in [0.2, 0.25) is 0 Å². The summed E-state index contributed by atoms with van der Waals surface area (Å²) in [5, 5.41) is 9.01. The van der Waals surface area contributed by atoms with Crippen molar-refractivity contribution >= 4 is 11.5 Å². The SMILES string of the molecule is CC(=O)c1ccc(C#N)cc1N1CC2CCC1C2. The van der Waals surface area contributed by atoms with E-state index < -0.39 is 0 Å². The number of fused-ring (bicyclic) bond motifs is 2. The Morgan fingerprint density at radius 3 is 2.83 bits per heavy atom. The Bertz CT molecular complexity index is 544. The number of hydrogen-bond donors (Lipinski definition) is 0. The molecular formula is C15H16N2O. The zero-order valence-corrected chi connectivity index (χ0v) is 10.5. The third-order valence-corrected chi connectivity index (χ3v) is 4.22. The van der Waals surface area contributed by atoms with E-state index in [2.05, 4.69) is 11.0 Å². The molecule has 2 atom stereocenters. The number of rotatable bonds is 2. The Morgan fingerprint density at radius 2 is 2.28 bits per heavy atom. The van der Waals surface area contributed by atoms with E-state index in [1.54, 1.807) is 19.1 Å². The van der Waals surface area contributed by atoms with Crippen molar-refractivity contribution in [2.45, 2.75) is 32.2 Å². The number of nitrogens with zero attached hydrogens (tertiary/aromatic N) is 2. The van der Waals surface area contributed by atoms with Crippen LogP contribution in [0, 0.1) is 17.2 Å². The van der Waals surface area contributed by atoms with E-state index in [-0.39, 0.29) is 5.78 Å². The number of nitriles is 1. The van der Waals surface area contributed by atoms with Crippen LogP contribution in [-0.4, -0.2) is 18.4 Å². The summed E-state index contributed by atoms with van der Waals surface area (Å²) >= 11 is 0. The number of benzene rings is 1. The number of hydrogen-bond acceptors (Lipinski definition) is 3. The molecule has 1 aromatic carbocycles. The average Bonchev–Trinajstić information content (AvgIpc) is 3.00. The van der Waals surface area contributed by atoms with E-state index in [4.69, 9.17) is 5.26 Å². The molecule has 3 rings (SSSR count). The minimum Gasteiger partial charge on any atom is -0.368 e. The molecule has 0 amide bonds. The number of ketones is 1. The van der Waals surface area contributed by atoms with Crippen molar-refractivity contribution < 1.29 is 4.79 Å². The van der Waals surface area contributed by atoms with Crippen LogP contribution in [-0.2, 0) is 0 Å². The van der Waals surface area contributed by atoms with Gasteiger partial charge in [-0.05, 0) is 50.3 Å². The number of carbonyl (C=O) groups excluding carboxylic acids is 1. The van der Waals surface area contributed by atoms with Crippen molar-refractivity contribution in [3.05, 3.63) is 29.3 Å². The van der Waals surface area contributed by atoms with Crippen LogP contribution in [0.4, 0.5) is 5.69 Å². The van der Waals surface area contributed by atoms with Gasteiger partial charge < -0.3 is 4.90 Å². The molecule has 3 heteroatoms. The van der Waals surface area contributed by atoms with Gasteiger partial charge in [0.05, 0.1) is 11.6 Å². The summed E-state index contributed by atoms with van der Waals surface area (Å²) < 4.78 is 0. The van der Waals surface area contributed by atoms with Gasteiger partial charge in [-0.3, -0.25) is 4.79 Å². The lowest BCUT2D eigenvalue weighted by atomic mass is 10.0. The summed E-state index contributed by atoms with van der Waals surface area (Å²) in [7, 11) is 0. The maximum atomic E-state index is 11.7. The number of carbonyl (C=O) groups is 1. The first-order valence-electron chi connectivity index (χ1n) is 6.51. The Hall–Kier alpha value is -1.82. The fourth-order valence-electron chi connectivity index (χ4n) is 3.36. The number of Topliss-reactive ketones (excluding diaryl/α,β-unsaturated/α-hetero) is 1. The van der Waals surface area contributed by atoms with Crippen molar-refractivity contribution in [1.82, 2.24) is 0 Å². The average molecular weight is 240 g/mol. The summed E-state index contributed by atoms with van der Waals surface area (Å²) in [6, 6.07) is 8.13. The predicted molar refractivity (Wildman–Crippen MR) is 69.6 cm³/mol. The molecule has 1 saturated heterocycles. The van der Waals surface area contributed by atoms with Crippen LogP contribution in [0.3, 0.4) is 0 Å². The fraction of sp³-hybridized carbons (Fsp3) is 0.467. The Morgan fingerprint density at radius 1 is 1.44 bits per heavy atom. The second kappa shape index (κ2) is 4.13. The van der Waals surface area contributed by atoms with Crippen molar-refractivity contribution in [2.75, 3.05) is 11.4 Å². The van der Waals surface area contributed by atoms with Crippen molar-refractivity contribution in [3.63, 3.8) is 0 Å². The summed E-state index contributed by atoms with van der Waals surface area (Å²) in [5.41, 5.74) is 2.35. The molecule has 2 unspecified atom stereocenters. The lowest BCUT2D eigenvalue weighted by molar-refractivity contribution is 0.101. The molecule has 0 N–H and O–H groups in total. The first kappa shape index (κ1) is 11.3. The Kier molecular flexibility index (Phi) is 2.59. The third-order valence-electron chi connectivity index (χ3n) is 4.22. The Labute approximate surface area is 107 Å². The molecule has 0 spiro atoms. The zero-order valence-electron chi connectivity index (χ0n) is 10.5. The molecule has 1 aliphatic heterocycles. The second-order valence-corrected chi connectivity index (χ2v) is 5.39. The molecule has 0 radical (unpaired) electrons. The summed E-state index contributed by atoms with van der Waals surface area (Å²) in [4.78, 5) is 14.1. The van der Waals surface area contributed by atoms with Gasteiger partial charge >= 0.3 is 0 Å². The molecule has 2 aliphatic rings. The zero-order chi connectivity index (χ0) is 12.7. The van der Waals surface area contributed by atoms with Gasteiger partial charge in [0, 0.05) is 23.8 Å². The van der Waals surface area contributed by atoms with Crippen LogP contribution in [0.1, 0.15) is 42.1 Å². The fourth-order valence-corrected chi connectivity index (χ4v) is 3.36. The first-order valence-corrected chi connectivity index (χ1v) is 6.51. The monoisotopic (exact) mass is 240 g/mol. The topological polar surface area (TPSA) is 44.1 Å². The largest absolute Gasteiger partial charge is 0.368 e. The van der Waals surface area contributed by atoms with Gasteiger partial charge in [-0.15, -0.1) is 0 Å². The number of piperidine rings is 1. The minimum atomic E-state index is 0.0808. The molecule has 18 heavy (non-hydrogen) atoms. The van der Waals surface area contributed by atoms with Gasteiger partial charge in [0.15, 0.2) is 5.78 Å². The van der Waals surface area contributed by atoms with E-state index in [1.165, 1.54) is 19.3 Å². The summed E-state index contributed by atoms with van der Waals surface area (Å²) in [6.07, 6.45) is 3.78. The normalized spacial score (nSPS) is 25.2. The smallest absolute Gasteiger partial charge is 0.161 e. The van der Waals surface area contributed by atoms with E-state index in [9.17, 15) is 4.79 Å². The van der Waals surface area contributed by atoms with Gasteiger partial charge in [-0.2, -0.15) is 5.26 Å². The molecule has 2 bridgehead atoms. The van der Waals surface area contributed by atoms with Crippen LogP contribution in [0.5, 0.6) is 0 Å². The Balaban J connectivity index is 2.04. The second-order valence-electron chi connectivity index (χ2n) is 5.39. The van der Waals surface area contributed by atoms with Gasteiger partial charge in [-0.1, -0.05) is 0 Å². The van der Waals surface area contributed by atoms with E-state index in [0.717, 1.165) is 23.7 Å². The van der Waals surface area contributed by atoms with Crippen LogP contribution in [0.25, 0.3) is 0 Å². The summed E-state index contributed by atoms with van der Waals surface area (Å²) in [6.45, 7) is 2.64. The highest BCUT2D eigenvalue weighted by molar-refractivity contribution is 6.00. The van der Waals surface area contributed by atoms with Crippen LogP contribution >= 0.6 is 0 Å². The molecule has 92 valence electrons. The molecule has 1 aromatic rings. The van der Waals surface area contributed by atoms with Crippen LogP contribution < -0.4 is 4.90 Å². The van der Waals surface area contributed by atoms with Crippen LogP contribution in [0.2, 0.25) is 0 Å². The first-order chi connectivity index (χ1) is 8.69. The summed E-state index contributed by atoms with van der Waals surface area (Å²) in [5.74, 6) is 0.859. The van der Waals surface area contributed by atoms with Crippen molar-refractivity contribution in [2.24, 2.45) is 5.92 Å². The molecule has 1 aliphatic carbocycles. The minimum absolute atomic E-state index is 0.0808. The maximum Gasteiger partial charge on any atom is 0.161 e. The van der Waals surface area contributed by atoms with E-state index in [0.29, 0.717) is 11.6 Å². The highest BCUT2D eigenvalue weighted by Crippen LogP contribution is 2.41. The number of anilines is 1. The highest BCUT2D eigenvalue weighted by Gasteiger charge is 2.38. The van der Waals surface area contributed by atoms with E-state index in [1.807, 2.05) is 6.07 Å². The quantitative estimate of drug-likeness (QED) is 0.747. The van der Waals surface area contributed by atoms with E-state index >= 15 is 0 Å².